The summed E-state index contributed by atoms with van der Waals surface area (Å²) in [5, 5.41) is 42.1. The number of hydrogen-bond acceptors (Lipinski definition) is 10. The average molecular weight is 830 g/mol. The molecular formula is C34H35Cl3N4O10S2. The van der Waals surface area contributed by atoms with Gasteiger partial charge in [0.05, 0.1) is 37.7 Å². The van der Waals surface area contributed by atoms with E-state index in [2.05, 4.69) is 17.9 Å². The van der Waals surface area contributed by atoms with Gasteiger partial charge in [-0.05, 0) is 35.4 Å². The number of nitro groups is 2. The van der Waals surface area contributed by atoms with E-state index in [-0.39, 0.29) is 45.8 Å². The molecule has 4 aromatic rings. The van der Waals surface area contributed by atoms with E-state index in [1.807, 2.05) is 0 Å². The maximum atomic E-state index is 12.9. The van der Waals surface area contributed by atoms with Gasteiger partial charge in [0.1, 0.15) is 0 Å². The van der Waals surface area contributed by atoms with Crippen molar-refractivity contribution in [1.29, 1.82) is 0 Å². The summed E-state index contributed by atoms with van der Waals surface area (Å²) in [6, 6.07) is 26.3. The van der Waals surface area contributed by atoms with Gasteiger partial charge in [-0.3, -0.25) is 20.2 Å². The summed E-state index contributed by atoms with van der Waals surface area (Å²) in [7, 11) is -7.87. The third-order valence-electron chi connectivity index (χ3n) is 6.75. The second-order valence-corrected chi connectivity index (χ2v) is 15.7. The second kappa shape index (κ2) is 21.5. The van der Waals surface area contributed by atoms with Crippen LogP contribution in [0.3, 0.4) is 0 Å². The van der Waals surface area contributed by atoms with Crippen molar-refractivity contribution in [1.82, 2.24) is 9.03 Å². The molecule has 0 aromatic heterocycles. The number of aliphatic hydroxyl groups is 2. The van der Waals surface area contributed by atoms with Gasteiger partial charge in [-0.1, -0.05) is 97.0 Å². The molecule has 284 valence electrons. The van der Waals surface area contributed by atoms with Gasteiger partial charge in [-0.15, -0.1) is 11.6 Å². The maximum Gasteiger partial charge on any atom is 0.269 e. The number of alkyl halides is 1. The third-order valence-corrected chi connectivity index (χ3v) is 10.7. The van der Waals surface area contributed by atoms with Crippen LogP contribution in [0.1, 0.15) is 23.3 Å². The average Bonchev–Trinajstić information content (AvgIpc) is 3.14. The van der Waals surface area contributed by atoms with Crippen molar-refractivity contribution in [3.05, 3.63) is 164 Å². The lowest BCUT2D eigenvalue weighted by atomic mass is 10.1. The van der Waals surface area contributed by atoms with Gasteiger partial charge in [-0.25, -0.2) is 21.6 Å². The lowest BCUT2D eigenvalue weighted by molar-refractivity contribution is -0.385. The lowest BCUT2D eigenvalue weighted by Gasteiger charge is -2.24. The number of hydrogen-bond donors (Lipinski definition) is 3. The molecule has 0 aliphatic rings. The van der Waals surface area contributed by atoms with Crippen LogP contribution in [0.2, 0.25) is 0 Å². The minimum Gasteiger partial charge on any atom is -0.387 e. The highest BCUT2D eigenvalue weighted by Gasteiger charge is 2.28. The fraction of sp³-hybridized carbons (Fsp3) is 0.176. The van der Waals surface area contributed by atoms with E-state index in [1.165, 1.54) is 0 Å². The number of allylic oxidation sites excluding steroid dienone is 1. The molecule has 2 atom stereocenters. The largest absolute Gasteiger partial charge is 0.387 e. The van der Waals surface area contributed by atoms with Crippen molar-refractivity contribution in [3.63, 3.8) is 0 Å². The normalized spacial score (nSPS) is 12.3. The van der Waals surface area contributed by atoms with Crippen LogP contribution < -0.4 is 4.72 Å². The van der Waals surface area contributed by atoms with E-state index in [4.69, 9.17) is 34.8 Å². The number of aliphatic hydroxyl groups excluding tert-OH is 2. The van der Waals surface area contributed by atoms with Crippen molar-refractivity contribution in [2.24, 2.45) is 0 Å². The Morgan fingerprint density at radius 3 is 1.47 bits per heavy atom. The third kappa shape index (κ3) is 15.0. The van der Waals surface area contributed by atoms with Gasteiger partial charge in [0, 0.05) is 54.0 Å². The quantitative estimate of drug-likeness (QED) is 0.0659. The predicted octanol–water partition coefficient (Wildman–Crippen LogP) is 6.66. The molecule has 0 amide bonds. The molecule has 0 spiro atoms. The minimum atomic E-state index is -4.04. The Bertz CT molecular complexity index is 2040. The Labute approximate surface area is 322 Å². The van der Waals surface area contributed by atoms with Gasteiger partial charge >= 0.3 is 0 Å². The summed E-state index contributed by atoms with van der Waals surface area (Å²) in [4.78, 5) is 19.8. The van der Waals surface area contributed by atoms with Crippen LogP contribution in [0.5, 0.6) is 0 Å². The van der Waals surface area contributed by atoms with Crippen molar-refractivity contribution in [3.8, 4) is 0 Å². The first-order valence-corrected chi connectivity index (χ1v) is 19.3. The molecule has 0 bridgehead atoms. The summed E-state index contributed by atoms with van der Waals surface area (Å²) < 4.78 is 53.1. The number of nitrogens with one attached hydrogen (secondary N) is 1. The molecule has 19 heteroatoms. The van der Waals surface area contributed by atoms with Gasteiger partial charge < -0.3 is 10.2 Å². The zero-order valence-corrected chi connectivity index (χ0v) is 31.6. The number of nitrogens with zero attached hydrogens (tertiary/aromatic N) is 3. The number of sulfonamides is 2. The van der Waals surface area contributed by atoms with Crippen molar-refractivity contribution >= 4 is 66.2 Å². The highest BCUT2D eigenvalue weighted by molar-refractivity contribution is 7.89. The minimum absolute atomic E-state index is 0.0794. The number of nitro benzene ring substituents is 2. The van der Waals surface area contributed by atoms with Crippen LogP contribution in [0.4, 0.5) is 11.4 Å². The van der Waals surface area contributed by atoms with E-state index >= 15 is 0 Å². The van der Waals surface area contributed by atoms with Gasteiger partial charge in [-0.2, -0.15) is 4.31 Å². The van der Waals surface area contributed by atoms with Crippen molar-refractivity contribution in [2.75, 3.05) is 25.5 Å². The number of halogens is 3. The summed E-state index contributed by atoms with van der Waals surface area (Å²) >= 11 is 16.0. The predicted molar refractivity (Wildman–Crippen MR) is 204 cm³/mol. The van der Waals surface area contributed by atoms with Crippen LogP contribution in [0, 0.1) is 20.2 Å². The van der Waals surface area contributed by atoms with Crippen LogP contribution in [-0.2, 0) is 20.0 Å². The Hall–Kier alpha value is -4.23. The molecule has 3 N–H and O–H groups in total. The topological polar surface area (TPSA) is 210 Å². The van der Waals surface area contributed by atoms with E-state index in [0.717, 1.165) is 52.8 Å². The molecular weight excluding hydrogens is 795 g/mol. The van der Waals surface area contributed by atoms with E-state index in [0.29, 0.717) is 22.0 Å². The Balaban J connectivity index is 0.000000329. The molecule has 0 aliphatic carbocycles. The van der Waals surface area contributed by atoms with Crippen molar-refractivity contribution < 1.29 is 36.9 Å². The molecule has 0 saturated carbocycles. The molecule has 0 radical (unpaired) electrons. The SMILES string of the molecule is C=C(Cl)CCl.C=C(Cl)CN(CC(O)c1ccccc1)S(=O)(=O)c1ccc([N+](=O)[O-])cc1.O=[N+]([O-])c1ccc(S(=O)(=O)NCC(O)c2ccccc2)cc1. The second-order valence-electron chi connectivity index (χ2n) is 10.7. The van der Waals surface area contributed by atoms with Crippen molar-refractivity contribution in [2.45, 2.75) is 22.0 Å². The molecule has 53 heavy (non-hydrogen) atoms. The van der Waals surface area contributed by atoms with E-state index in [9.17, 15) is 47.3 Å². The zero-order chi connectivity index (χ0) is 39.8. The fourth-order valence-electron chi connectivity index (χ4n) is 4.11. The first-order chi connectivity index (χ1) is 24.9. The van der Waals surface area contributed by atoms with Gasteiger partial charge in [0.2, 0.25) is 20.0 Å². The van der Waals surface area contributed by atoms with E-state index in [1.54, 1.807) is 60.7 Å². The highest BCUT2D eigenvalue weighted by Crippen LogP contribution is 2.24. The lowest BCUT2D eigenvalue weighted by Crippen LogP contribution is -2.35. The molecule has 0 heterocycles. The monoisotopic (exact) mass is 828 g/mol. The summed E-state index contributed by atoms with van der Waals surface area (Å²) in [5.74, 6) is 0.349. The summed E-state index contributed by atoms with van der Waals surface area (Å²) in [5.41, 5.74) is 0.732. The van der Waals surface area contributed by atoms with Crippen LogP contribution in [0.25, 0.3) is 0 Å². The fourth-order valence-corrected chi connectivity index (χ4v) is 6.81. The first-order valence-electron chi connectivity index (χ1n) is 15.1. The molecule has 0 fully saturated rings. The number of non-ortho nitro benzene ring substituents is 2. The molecule has 14 nitrogen and oxygen atoms in total. The Morgan fingerprint density at radius 2 is 1.09 bits per heavy atom. The first kappa shape index (κ1) is 44.9. The maximum absolute atomic E-state index is 12.9. The molecule has 4 aromatic carbocycles. The number of benzene rings is 4. The van der Waals surface area contributed by atoms with Crippen LogP contribution >= 0.6 is 34.8 Å². The van der Waals surface area contributed by atoms with Crippen LogP contribution in [0.15, 0.2) is 142 Å². The molecule has 0 saturated heterocycles. The Morgan fingerprint density at radius 1 is 0.698 bits per heavy atom. The summed E-state index contributed by atoms with van der Waals surface area (Å²) in [6.45, 7) is 6.18. The standard InChI is InChI=1S/C17H17ClN2O5S.C14H14N2O5S.C3H4Cl2/c1-13(18)11-19(12-17(21)14-5-3-2-4-6-14)26(24,25)16-9-7-15(8-10-16)20(22)23;17-14(11-4-2-1-3-5-11)10-15-22(20,21)13-8-6-12(7-9-13)16(18)19;1-3(5)2-4/h2-10,17,21H,1,11-12H2;1-9,14-15,17H,10H2;1-2H2. The number of rotatable bonds is 15. The molecule has 2 unspecified atom stereocenters. The summed E-state index contributed by atoms with van der Waals surface area (Å²) in [6.07, 6.45) is -2.05. The zero-order valence-electron chi connectivity index (χ0n) is 27.7. The smallest absolute Gasteiger partial charge is 0.269 e. The van der Waals surface area contributed by atoms with Gasteiger partial charge in [0.15, 0.2) is 0 Å². The Kier molecular flexibility index (Phi) is 18.2. The molecule has 4 rings (SSSR count). The van der Waals surface area contributed by atoms with Gasteiger partial charge in [0.25, 0.3) is 11.4 Å². The molecule has 0 aliphatic heterocycles. The highest BCUT2D eigenvalue weighted by atomic mass is 35.5. The van der Waals surface area contributed by atoms with Crippen LogP contribution in [-0.4, -0.2) is 66.7 Å². The van der Waals surface area contributed by atoms with E-state index < -0.39 is 42.1 Å².